The number of carbonyl (C=O) groups is 1. The van der Waals surface area contributed by atoms with Crippen LogP contribution >= 0.6 is 11.3 Å². The molecule has 2 aromatic heterocycles. The normalized spacial score (nSPS) is 21.8. The summed E-state index contributed by atoms with van der Waals surface area (Å²) < 4.78 is 13.1. The molecule has 1 fully saturated rings. The molecule has 168 valence electrons. The number of rotatable bonds is 7. The fraction of sp³-hybridized carbons (Fsp3) is 0.348. The zero-order valence-electron chi connectivity index (χ0n) is 17.4. The van der Waals surface area contributed by atoms with Crippen LogP contribution in [-0.4, -0.2) is 50.3 Å². The summed E-state index contributed by atoms with van der Waals surface area (Å²) >= 11 is 1.45. The van der Waals surface area contributed by atoms with Gasteiger partial charge in [-0.1, -0.05) is 23.5 Å². The summed E-state index contributed by atoms with van der Waals surface area (Å²) in [6.07, 6.45) is 5.70. The predicted molar refractivity (Wildman–Crippen MR) is 120 cm³/mol. The first-order chi connectivity index (χ1) is 15.4. The molecule has 1 aromatic carbocycles. The van der Waals surface area contributed by atoms with Gasteiger partial charge in [0.2, 0.25) is 0 Å². The van der Waals surface area contributed by atoms with E-state index in [1.54, 1.807) is 24.5 Å². The lowest BCUT2D eigenvalue weighted by Gasteiger charge is -2.27. The van der Waals surface area contributed by atoms with E-state index in [4.69, 9.17) is 0 Å². The van der Waals surface area contributed by atoms with Crippen LogP contribution in [0.25, 0.3) is 10.4 Å². The Balaban J connectivity index is 1.44. The number of nitrogens with one attached hydrogen (secondary N) is 1. The van der Waals surface area contributed by atoms with Crippen molar-refractivity contribution in [3.63, 3.8) is 0 Å². The molecule has 0 bridgehead atoms. The van der Waals surface area contributed by atoms with Gasteiger partial charge >= 0.3 is 0 Å². The van der Waals surface area contributed by atoms with Crippen molar-refractivity contribution >= 4 is 28.6 Å². The van der Waals surface area contributed by atoms with Crippen molar-refractivity contribution in [2.75, 3.05) is 18.4 Å². The quantitative estimate of drug-likeness (QED) is 0.461. The van der Waals surface area contributed by atoms with Crippen LogP contribution in [-0.2, 0) is 11.2 Å². The Kier molecular flexibility index (Phi) is 6.90. The molecule has 3 aromatic rings. The maximum absolute atomic E-state index is 13.1. The highest BCUT2D eigenvalue weighted by atomic mass is 32.1. The average molecular weight is 457 g/mol. The van der Waals surface area contributed by atoms with Gasteiger partial charge in [-0.15, -0.1) is 0 Å². The maximum atomic E-state index is 13.1. The summed E-state index contributed by atoms with van der Waals surface area (Å²) in [5.41, 5.74) is 0.810. The smallest absolute Gasteiger partial charge is 0.188 e. The molecule has 3 heterocycles. The second-order valence-corrected chi connectivity index (χ2v) is 9.27. The van der Waals surface area contributed by atoms with Gasteiger partial charge in [0.25, 0.3) is 0 Å². The van der Waals surface area contributed by atoms with E-state index in [9.17, 15) is 19.5 Å². The number of halogens is 1. The van der Waals surface area contributed by atoms with E-state index >= 15 is 0 Å². The van der Waals surface area contributed by atoms with Crippen molar-refractivity contribution in [3.05, 3.63) is 60.2 Å². The topological polar surface area (TPSA) is 98.6 Å². The maximum Gasteiger partial charge on any atom is 0.188 e. The van der Waals surface area contributed by atoms with E-state index in [1.807, 2.05) is 12.1 Å². The highest BCUT2D eigenvalue weighted by molar-refractivity contribution is 7.18. The lowest BCUT2D eigenvalue weighted by Crippen LogP contribution is -2.32. The number of pyridine rings is 1. The monoisotopic (exact) mass is 456 g/mol. The molecule has 7 nitrogen and oxygen atoms in total. The first-order valence-corrected chi connectivity index (χ1v) is 11.3. The molecule has 3 N–H and O–H groups in total. The van der Waals surface area contributed by atoms with Gasteiger partial charge in [0.15, 0.2) is 5.13 Å². The zero-order chi connectivity index (χ0) is 22.6. The Morgan fingerprint density at radius 1 is 1.28 bits per heavy atom. The van der Waals surface area contributed by atoms with Gasteiger partial charge in [0.05, 0.1) is 10.5 Å². The molecule has 4 rings (SSSR count). The Labute approximate surface area is 189 Å². The highest BCUT2D eigenvalue weighted by Gasteiger charge is 2.34. The van der Waals surface area contributed by atoms with Crippen LogP contribution in [0.2, 0.25) is 0 Å². The van der Waals surface area contributed by atoms with Crippen molar-refractivity contribution in [3.8, 4) is 10.4 Å². The summed E-state index contributed by atoms with van der Waals surface area (Å²) in [7, 11) is 0. The fourth-order valence-corrected chi connectivity index (χ4v) is 4.93. The number of aromatic nitrogens is 2. The summed E-state index contributed by atoms with van der Waals surface area (Å²) in [6.45, 7) is 0.768. The number of aldehydes is 1. The summed E-state index contributed by atoms with van der Waals surface area (Å²) in [6, 6.07) is 10.1. The summed E-state index contributed by atoms with van der Waals surface area (Å²) in [5.74, 6) is 0.355. The van der Waals surface area contributed by atoms with Crippen LogP contribution in [0.3, 0.4) is 0 Å². The minimum Gasteiger partial charge on any atom is -0.389 e. The molecular weight excluding hydrogens is 431 g/mol. The van der Waals surface area contributed by atoms with Crippen LogP contribution < -0.4 is 5.32 Å². The number of nitrogens with zero attached hydrogens (tertiary/aromatic N) is 3. The van der Waals surface area contributed by atoms with E-state index < -0.39 is 5.60 Å². The average Bonchev–Trinajstić information content (AvgIpc) is 3.16. The molecule has 0 amide bonds. The van der Waals surface area contributed by atoms with E-state index in [1.165, 1.54) is 28.5 Å². The first-order valence-electron chi connectivity index (χ1n) is 10.5. The molecule has 1 saturated heterocycles. The molecule has 0 saturated carbocycles. The van der Waals surface area contributed by atoms with Gasteiger partial charge in [-0.2, -0.15) is 5.06 Å². The second kappa shape index (κ2) is 9.83. The number of benzene rings is 1. The molecule has 2 unspecified atom stereocenters. The third kappa shape index (κ3) is 5.74. The van der Waals surface area contributed by atoms with Crippen LogP contribution in [0.1, 0.15) is 24.8 Å². The van der Waals surface area contributed by atoms with E-state index in [0.717, 1.165) is 22.3 Å². The van der Waals surface area contributed by atoms with Crippen molar-refractivity contribution in [2.45, 2.75) is 31.3 Å². The van der Waals surface area contributed by atoms with Crippen molar-refractivity contribution in [1.29, 1.82) is 0 Å². The highest BCUT2D eigenvalue weighted by Crippen LogP contribution is 2.32. The minimum absolute atomic E-state index is 0.00681. The van der Waals surface area contributed by atoms with Crippen LogP contribution in [0.15, 0.2) is 48.8 Å². The molecule has 9 heteroatoms. The number of anilines is 2. The van der Waals surface area contributed by atoms with E-state index in [0.29, 0.717) is 43.3 Å². The van der Waals surface area contributed by atoms with Gasteiger partial charge < -0.3 is 20.4 Å². The van der Waals surface area contributed by atoms with Crippen LogP contribution in [0.5, 0.6) is 0 Å². The molecule has 32 heavy (non-hydrogen) atoms. The molecule has 0 aliphatic carbocycles. The Hall–Kier alpha value is -2.72. The number of aliphatic hydroxyl groups is 1. The van der Waals surface area contributed by atoms with Crippen molar-refractivity contribution in [2.24, 2.45) is 5.92 Å². The van der Waals surface area contributed by atoms with E-state index in [-0.39, 0.29) is 18.2 Å². The molecule has 0 radical (unpaired) electrons. The van der Waals surface area contributed by atoms with Gasteiger partial charge in [0.1, 0.15) is 17.9 Å². The van der Waals surface area contributed by atoms with Crippen molar-refractivity contribution < 1.29 is 19.5 Å². The molecule has 0 spiro atoms. The Bertz CT molecular complexity index is 1060. The van der Waals surface area contributed by atoms with Crippen LogP contribution in [0.4, 0.5) is 15.3 Å². The Morgan fingerprint density at radius 3 is 2.88 bits per heavy atom. The Morgan fingerprint density at radius 2 is 2.09 bits per heavy atom. The zero-order valence-corrected chi connectivity index (χ0v) is 18.3. The largest absolute Gasteiger partial charge is 0.389 e. The second-order valence-electron chi connectivity index (χ2n) is 8.24. The number of hydroxylamine groups is 2. The van der Waals surface area contributed by atoms with Crippen LogP contribution in [0, 0.1) is 11.7 Å². The van der Waals surface area contributed by atoms with Gasteiger partial charge in [0, 0.05) is 31.9 Å². The van der Waals surface area contributed by atoms with Gasteiger partial charge in [-0.05, 0) is 60.6 Å². The standard InChI is InChI=1S/C23H25FN4O3S/c24-19-3-1-18(2-4-19)20-14-26-22(32-20)27-21-12-16(5-8-25-21)11-17-13-23(30,7-10-29)6-9-28(31)15-17/h1-5,8,10,12,14,17,30-31H,6-7,9,11,13,15H2,(H,25,26,27). The fourth-order valence-electron chi connectivity index (χ4n) is 4.10. The summed E-state index contributed by atoms with van der Waals surface area (Å²) in [4.78, 5) is 20.7. The number of carbonyl (C=O) groups excluding carboxylic acids is 1. The van der Waals surface area contributed by atoms with Gasteiger partial charge in [-0.25, -0.2) is 14.4 Å². The third-order valence-corrected chi connectivity index (χ3v) is 6.62. The SMILES string of the molecule is O=CCC1(O)CCN(O)CC(Cc2ccnc(Nc3ncc(-c4ccc(F)cc4)s3)c2)C1. The molecule has 1 aliphatic rings. The first kappa shape index (κ1) is 22.5. The minimum atomic E-state index is -1.09. The number of thiazole rings is 1. The summed E-state index contributed by atoms with van der Waals surface area (Å²) in [5, 5.41) is 25.9. The molecule has 1 aliphatic heterocycles. The lowest BCUT2D eigenvalue weighted by atomic mass is 9.84. The van der Waals surface area contributed by atoms with Crippen molar-refractivity contribution in [1.82, 2.24) is 15.0 Å². The number of hydrogen-bond acceptors (Lipinski definition) is 8. The molecular formula is C23H25FN4O3S. The van der Waals surface area contributed by atoms with Gasteiger partial charge in [-0.3, -0.25) is 0 Å². The number of hydrogen-bond donors (Lipinski definition) is 3. The van der Waals surface area contributed by atoms with E-state index in [2.05, 4.69) is 15.3 Å². The predicted octanol–water partition coefficient (Wildman–Crippen LogP) is 4.05. The third-order valence-electron chi connectivity index (χ3n) is 5.65. The lowest BCUT2D eigenvalue weighted by molar-refractivity contribution is -0.114. The molecule has 2 atom stereocenters.